The molecule has 2 aliphatic rings. The first-order chi connectivity index (χ1) is 20.8. The van der Waals surface area contributed by atoms with Crippen molar-refractivity contribution in [1.29, 1.82) is 5.26 Å². The number of ketones is 1. The van der Waals surface area contributed by atoms with E-state index in [9.17, 15) is 14.9 Å². The van der Waals surface area contributed by atoms with Crippen molar-refractivity contribution in [3.05, 3.63) is 70.2 Å². The van der Waals surface area contributed by atoms with Gasteiger partial charge in [-0.2, -0.15) is 5.26 Å². The number of allylic oxidation sites excluding steroid dienone is 3. The van der Waals surface area contributed by atoms with Crippen molar-refractivity contribution < 1.29 is 23.8 Å². The number of rotatable bonds is 9. The quantitative estimate of drug-likeness (QED) is 0.315. The fourth-order valence-electron chi connectivity index (χ4n) is 5.23. The van der Waals surface area contributed by atoms with Crippen molar-refractivity contribution in [3.63, 3.8) is 0 Å². The predicted octanol–water partition coefficient (Wildman–Crippen LogP) is 4.91. The largest absolute Gasteiger partial charge is 0.493 e. The fourth-order valence-corrected chi connectivity index (χ4v) is 6.91. The number of carbonyl (C=O) groups is 2. The van der Waals surface area contributed by atoms with Crippen molar-refractivity contribution >= 4 is 45.6 Å². The summed E-state index contributed by atoms with van der Waals surface area (Å²) in [6.45, 7) is 1.99. The average molecular weight is 619 g/mol. The Morgan fingerprint density at radius 3 is 2.47 bits per heavy atom. The number of nitrogens with one attached hydrogen (secondary N) is 1. The molecule has 0 saturated heterocycles. The van der Waals surface area contributed by atoms with Crippen LogP contribution < -0.4 is 30.2 Å². The highest BCUT2D eigenvalue weighted by Crippen LogP contribution is 2.47. The maximum absolute atomic E-state index is 13.3. The van der Waals surface area contributed by atoms with Gasteiger partial charge in [0.2, 0.25) is 16.8 Å². The normalized spacial score (nSPS) is 16.5. The molecule has 43 heavy (non-hydrogen) atoms. The molecule has 0 fully saturated rings. The van der Waals surface area contributed by atoms with E-state index in [0.717, 1.165) is 16.8 Å². The number of ether oxygens (including phenoxy) is 3. The summed E-state index contributed by atoms with van der Waals surface area (Å²) in [4.78, 5) is 27.8. The van der Waals surface area contributed by atoms with E-state index < -0.39 is 5.92 Å². The summed E-state index contributed by atoms with van der Waals surface area (Å²) < 4.78 is 16.6. The molecule has 222 valence electrons. The Kier molecular flexibility index (Phi) is 8.89. The van der Waals surface area contributed by atoms with E-state index in [-0.39, 0.29) is 23.3 Å². The maximum Gasteiger partial charge on any atom is 0.234 e. The van der Waals surface area contributed by atoms with Gasteiger partial charge in [-0.1, -0.05) is 52.9 Å². The van der Waals surface area contributed by atoms with Gasteiger partial charge in [-0.15, -0.1) is 10.2 Å². The Labute approximate surface area is 257 Å². The van der Waals surface area contributed by atoms with Crippen LogP contribution in [0.1, 0.15) is 36.3 Å². The van der Waals surface area contributed by atoms with Gasteiger partial charge < -0.3 is 25.3 Å². The van der Waals surface area contributed by atoms with Crippen LogP contribution >= 0.6 is 23.1 Å². The third kappa shape index (κ3) is 5.89. The average Bonchev–Trinajstić information content (AvgIpc) is 3.48. The van der Waals surface area contributed by atoms with Gasteiger partial charge in [0, 0.05) is 35.5 Å². The Bertz CT molecular complexity index is 1650. The van der Waals surface area contributed by atoms with E-state index in [0.29, 0.717) is 62.8 Å². The molecule has 2 aromatic carbocycles. The van der Waals surface area contributed by atoms with Crippen molar-refractivity contribution in [2.24, 2.45) is 5.73 Å². The zero-order valence-electron chi connectivity index (χ0n) is 24.1. The molecule has 11 nitrogen and oxygen atoms in total. The predicted molar refractivity (Wildman–Crippen MR) is 164 cm³/mol. The molecule has 0 saturated carbocycles. The van der Waals surface area contributed by atoms with Crippen molar-refractivity contribution in [2.75, 3.05) is 37.3 Å². The number of amides is 1. The lowest BCUT2D eigenvalue weighted by Crippen LogP contribution is -2.38. The minimum atomic E-state index is -0.537. The number of hydrogen-bond acceptors (Lipinski definition) is 12. The number of nitrogens with zero attached hydrogens (tertiary/aromatic N) is 4. The molecule has 1 unspecified atom stereocenters. The van der Waals surface area contributed by atoms with Crippen molar-refractivity contribution in [2.45, 2.75) is 36.4 Å². The van der Waals surface area contributed by atoms with E-state index >= 15 is 0 Å². The summed E-state index contributed by atoms with van der Waals surface area (Å²) in [5.41, 5.74) is 10.7. The third-order valence-electron chi connectivity index (χ3n) is 7.19. The van der Waals surface area contributed by atoms with Crippen LogP contribution in [0.3, 0.4) is 0 Å². The van der Waals surface area contributed by atoms with Gasteiger partial charge in [-0.05, 0) is 25.3 Å². The van der Waals surface area contributed by atoms with Gasteiger partial charge in [-0.3, -0.25) is 14.5 Å². The summed E-state index contributed by atoms with van der Waals surface area (Å²) >= 11 is 2.45. The SMILES string of the molecule is COc1cc(NC(=O)CSc2nnc(N3C(N)=C(C#N)C(c4ccc(C)cc4)C4=C3CCCC4=O)s2)cc(OC)c1OC. The maximum atomic E-state index is 13.3. The molecule has 1 aliphatic carbocycles. The van der Waals surface area contributed by atoms with Crippen LogP contribution in [0.25, 0.3) is 0 Å². The number of aryl methyl sites for hydroxylation is 1. The number of methoxy groups -OCH3 is 3. The molecule has 1 aromatic heterocycles. The third-order valence-corrected chi connectivity index (χ3v) is 9.23. The number of Topliss-reactive ketones (excluding diaryl/α,β-unsaturated/α-hetero) is 1. The molecular weight excluding hydrogens is 589 g/mol. The number of nitrogens with two attached hydrogens (primary N) is 1. The van der Waals surface area contributed by atoms with Crippen LogP contribution in [0.15, 0.2) is 63.4 Å². The summed E-state index contributed by atoms with van der Waals surface area (Å²) in [7, 11) is 4.51. The van der Waals surface area contributed by atoms with Crippen LogP contribution in [0.4, 0.5) is 10.8 Å². The van der Waals surface area contributed by atoms with Gasteiger partial charge in [0.1, 0.15) is 5.82 Å². The second-order valence-corrected chi connectivity index (χ2v) is 12.0. The van der Waals surface area contributed by atoms with Crippen LogP contribution in [-0.2, 0) is 9.59 Å². The second kappa shape index (κ2) is 12.8. The highest BCUT2D eigenvalue weighted by atomic mass is 32.2. The summed E-state index contributed by atoms with van der Waals surface area (Å²) in [5, 5.41) is 22.1. The first-order valence-electron chi connectivity index (χ1n) is 13.4. The number of benzene rings is 2. The van der Waals surface area contributed by atoms with Crippen LogP contribution in [0, 0.1) is 18.3 Å². The minimum absolute atomic E-state index is 0.000322. The summed E-state index contributed by atoms with van der Waals surface area (Å²) in [6.07, 6.45) is 1.69. The molecular formula is C30H30N6O5S2. The molecule has 3 N–H and O–H groups in total. The zero-order chi connectivity index (χ0) is 30.7. The van der Waals surface area contributed by atoms with Gasteiger partial charge in [0.15, 0.2) is 21.6 Å². The first kappa shape index (κ1) is 29.9. The Morgan fingerprint density at radius 2 is 1.84 bits per heavy atom. The Morgan fingerprint density at radius 1 is 1.14 bits per heavy atom. The number of hydrogen-bond donors (Lipinski definition) is 2. The second-order valence-electron chi connectivity index (χ2n) is 9.83. The smallest absolute Gasteiger partial charge is 0.234 e. The molecule has 1 amide bonds. The van der Waals surface area contributed by atoms with Crippen molar-refractivity contribution in [3.8, 4) is 23.3 Å². The standard InChI is InChI=1S/C30H30N6O5S2/c1-16-8-10-17(11-9-16)25-19(14-31)28(32)36(20-6-5-7-21(37)26(20)25)29-34-35-30(43-29)42-15-24(38)33-18-12-22(39-2)27(41-4)23(13-18)40-3/h8-13,25H,5-7,15,32H2,1-4H3,(H,33,38). The number of carbonyl (C=O) groups excluding carboxylic acids is 2. The molecule has 3 aromatic rings. The molecule has 0 radical (unpaired) electrons. The molecule has 0 bridgehead atoms. The molecule has 5 rings (SSSR count). The van der Waals surface area contributed by atoms with Gasteiger partial charge in [0.05, 0.1) is 44.6 Å². The lowest BCUT2D eigenvalue weighted by molar-refractivity contribution is -0.116. The van der Waals surface area contributed by atoms with E-state index in [4.69, 9.17) is 19.9 Å². The Hall–Kier alpha value is -4.54. The van der Waals surface area contributed by atoms with Crippen LogP contribution in [0.5, 0.6) is 17.2 Å². The van der Waals surface area contributed by atoms with Gasteiger partial charge in [0.25, 0.3) is 0 Å². The summed E-state index contributed by atoms with van der Waals surface area (Å²) in [5.74, 6) is 0.738. The number of thioether (sulfide) groups is 1. The number of anilines is 2. The lowest BCUT2D eigenvalue weighted by atomic mass is 9.75. The highest BCUT2D eigenvalue weighted by Gasteiger charge is 2.41. The summed E-state index contributed by atoms with van der Waals surface area (Å²) in [6, 6.07) is 13.4. The number of nitriles is 1. The topological polar surface area (TPSA) is 153 Å². The molecule has 0 spiro atoms. The van der Waals surface area contributed by atoms with E-state index in [1.54, 1.807) is 17.0 Å². The molecule has 13 heteroatoms. The van der Waals surface area contributed by atoms with Crippen molar-refractivity contribution in [1.82, 2.24) is 10.2 Å². The molecule has 1 aliphatic heterocycles. The zero-order valence-corrected chi connectivity index (χ0v) is 25.7. The van der Waals surface area contributed by atoms with E-state index in [2.05, 4.69) is 21.6 Å². The van der Waals surface area contributed by atoms with Gasteiger partial charge >= 0.3 is 0 Å². The number of aromatic nitrogens is 2. The lowest BCUT2D eigenvalue weighted by Gasteiger charge is -2.38. The van der Waals surface area contributed by atoms with E-state index in [1.165, 1.54) is 44.4 Å². The van der Waals surface area contributed by atoms with Gasteiger partial charge in [-0.25, -0.2) is 0 Å². The highest BCUT2D eigenvalue weighted by molar-refractivity contribution is 8.01. The van der Waals surface area contributed by atoms with E-state index in [1.807, 2.05) is 31.2 Å². The fraction of sp³-hybridized carbons (Fsp3) is 0.300. The first-order valence-corrected chi connectivity index (χ1v) is 15.2. The van der Waals surface area contributed by atoms with Crippen LogP contribution in [-0.4, -0.2) is 49.0 Å². The van der Waals surface area contributed by atoms with Crippen LogP contribution in [0.2, 0.25) is 0 Å². The molecule has 1 atom stereocenters. The molecule has 2 heterocycles. The Balaban J connectivity index is 1.37. The monoisotopic (exact) mass is 618 g/mol. The minimum Gasteiger partial charge on any atom is -0.493 e.